The van der Waals surface area contributed by atoms with Gasteiger partial charge in [0.2, 0.25) is 0 Å². The molecule has 1 aliphatic rings. The third kappa shape index (κ3) is 2.52. The largest absolute Gasteiger partial charge is 0.324 e. The summed E-state index contributed by atoms with van der Waals surface area (Å²) >= 11 is 0. The maximum Gasteiger partial charge on any atom is 0.0323 e. The van der Waals surface area contributed by atoms with Gasteiger partial charge in [-0.3, -0.25) is 0 Å². The Morgan fingerprint density at radius 1 is 1.11 bits per heavy atom. The molecule has 1 heteroatoms. The van der Waals surface area contributed by atoms with E-state index in [9.17, 15) is 0 Å². The van der Waals surface area contributed by atoms with Crippen molar-refractivity contribution in [3.63, 3.8) is 0 Å². The fourth-order valence-corrected chi connectivity index (χ4v) is 3.50. The number of benzene rings is 2. The molecule has 1 fully saturated rings. The highest BCUT2D eigenvalue weighted by atomic mass is 14.7. The highest BCUT2D eigenvalue weighted by Crippen LogP contribution is 2.39. The first-order valence-electron chi connectivity index (χ1n) is 7.52. The first-order valence-corrected chi connectivity index (χ1v) is 7.52. The zero-order valence-electron chi connectivity index (χ0n) is 11.7. The molecule has 0 saturated heterocycles. The minimum absolute atomic E-state index is 0.209. The van der Waals surface area contributed by atoms with Crippen molar-refractivity contribution in [1.29, 1.82) is 0 Å². The molecule has 0 spiro atoms. The van der Waals surface area contributed by atoms with Crippen molar-refractivity contribution in [1.82, 2.24) is 0 Å². The van der Waals surface area contributed by atoms with E-state index < -0.39 is 0 Å². The van der Waals surface area contributed by atoms with E-state index in [0.29, 0.717) is 5.92 Å². The molecule has 3 rings (SSSR count). The predicted molar refractivity (Wildman–Crippen MR) is 82.0 cm³/mol. The Labute approximate surface area is 115 Å². The molecule has 0 aliphatic heterocycles. The Hall–Kier alpha value is -1.34. The highest BCUT2D eigenvalue weighted by Gasteiger charge is 2.28. The summed E-state index contributed by atoms with van der Waals surface area (Å²) in [6, 6.07) is 15.4. The number of fused-ring (bicyclic) bond motifs is 1. The molecule has 1 saturated carbocycles. The van der Waals surface area contributed by atoms with Gasteiger partial charge in [0, 0.05) is 6.04 Å². The van der Waals surface area contributed by atoms with Gasteiger partial charge in [-0.1, -0.05) is 56.2 Å². The van der Waals surface area contributed by atoms with Crippen LogP contribution >= 0.6 is 0 Å². The molecule has 0 aromatic heterocycles. The second-order valence-electron chi connectivity index (χ2n) is 5.98. The second kappa shape index (κ2) is 5.34. The van der Waals surface area contributed by atoms with Crippen LogP contribution in [0.2, 0.25) is 0 Å². The zero-order valence-corrected chi connectivity index (χ0v) is 11.7. The summed E-state index contributed by atoms with van der Waals surface area (Å²) in [5.74, 6) is 1.57. The van der Waals surface area contributed by atoms with E-state index in [1.54, 1.807) is 0 Å². The van der Waals surface area contributed by atoms with E-state index in [1.807, 2.05) is 0 Å². The van der Waals surface area contributed by atoms with Gasteiger partial charge in [-0.15, -0.1) is 0 Å². The molecular formula is C18H23N. The van der Waals surface area contributed by atoms with Crippen LogP contribution in [0.3, 0.4) is 0 Å². The van der Waals surface area contributed by atoms with E-state index in [-0.39, 0.29) is 6.04 Å². The monoisotopic (exact) mass is 253 g/mol. The van der Waals surface area contributed by atoms with Crippen molar-refractivity contribution in [3.05, 3.63) is 48.0 Å². The highest BCUT2D eigenvalue weighted by molar-refractivity contribution is 5.83. The van der Waals surface area contributed by atoms with Crippen molar-refractivity contribution in [3.8, 4) is 0 Å². The average Bonchev–Trinajstić information content (AvgIpc) is 2.95. The van der Waals surface area contributed by atoms with Crippen molar-refractivity contribution >= 4 is 10.8 Å². The van der Waals surface area contributed by atoms with Crippen LogP contribution in [0, 0.1) is 11.8 Å². The maximum absolute atomic E-state index is 6.51. The topological polar surface area (TPSA) is 26.0 Å². The van der Waals surface area contributed by atoms with Crippen LogP contribution in [0.5, 0.6) is 0 Å². The summed E-state index contributed by atoms with van der Waals surface area (Å²) < 4.78 is 0. The Kier molecular flexibility index (Phi) is 3.56. The average molecular weight is 253 g/mol. The molecule has 3 atom stereocenters. The van der Waals surface area contributed by atoms with E-state index in [1.165, 1.54) is 42.0 Å². The van der Waals surface area contributed by atoms with E-state index in [0.717, 1.165) is 5.92 Å². The van der Waals surface area contributed by atoms with Crippen LogP contribution in [0.15, 0.2) is 42.5 Å². The predicted octanol–water partition coefficient (Wildman–Crippen LogP) is 4.67. The quantitative estimate of drug-likeness (QED) is 0.845. The van der Waals surface area contributed by atoms with Crippen LogP contribution in [0.25, 0.3) is 10.8 Å². The molecular weight excluding hydrogens is 230 g/mol. The first kappa shape index (κ1) is 12.7. The molecule has 0 amide bonds. The summed E-state index contributed by atoms with van der Waals surface area (Å²) in [4.78, 5) is 0. The van der Waals surface area contributed by atoms with Crippen LogP contribution in [-0.4, -0.2) is 0 Å². The molecule has 100 valence electrons. The molecule has 0 heterocycles. The van der Waals surface area contributed by atoms with Crippen LogP contribution in [-0.2, 0) is 0 Å². The number of rotatable bonds is 3. The normalized spacial score (nSPS) is 24.7. The van der Waals surface area contributed by atoms with Gasteiger partial charge in [0.15, 0.2) is 0 Å². The Bertz CT molecular complexity index is 560. The number of hydrogen-bond acceptors (Lipinski definition) is 1. The van der Waals surface area contributed by atoms with Gasteiger partial charge in [0.05, 0.1) is 0 Å². The van der Waals surface area contributed by atoms with Gasteiger partial charge in [-0.2, -0.15) is 0 Å². The van der Waals surface area contributed by atoms with E-state index in [2.05, 4.69) is 49.4 Å². The summed E-state index contributed by atoms with van der Waals surface area (Å²) in [6.45, 7) is 2.30. The van der Waals surface area contributed by atoms with Crippen LogP contribution < -0.4 is 5.73 Å². The summed E-state index contributed by atoms with van der Waals surface area (Å²) in [5, 5.41) is 2.61. The molecule has 0 radical (unpaired) electrons. The molecule has 0 bridgehead atoms. The Morgan fingerprint density at radius 3 is 2.63 bits per heavy atom. The van der Waals surface area contributed by atoms with Gasteiger partial charge in [0.25, 0.3) is 0 Å². The Morgan fingerprint density at radius 2 is 1.89 bits per heavy atom. The molecule has 2 N–H and O–H groups in total. The van der Waals surface area contributed by atoms with Gasteiger partial charge in [-0.25, -0.2) is 0 Å². The summed E-state index contributed by atoms with van der Waals surface area (Å²) in [6.07, 6.45) is 5.28. The van der Waals surface area contributed by atoms with Gasteiger partial charge in [-0.05, 0) is 47.1 Å². The van der Waals surface area contributed by atoms with Crippen molar-refractivity contribution in [2.24, 2.45) is 17.6 Å². The van der Waals surface area contributed by atoms with Crippen molar-refractivity contribution < 1.29 is 0 Å². The summed E-state index contributed by atoms with van der Waals surface area (Å²) in [5.41, 5.74) is 7.81. The lowest BCUT2D eigenvalue weighted by molar-refractivity contribution is 0.416. The fraction of sp³-hybridized carbons (Fsp3) is 0.444. The number of nitrogens with two attached hydrogens (primary N) is 1. The Balaban J connectivity index is 1.83. The summed E-state index contributed by atoms with van der Waals surface area (Å²) in [7, 11) is 0. The smallest absolute Gasteiger partial charge is 0.0323 e. The van der Waals surface area contributed by atoms with Gasteiger partial charge >= 0.3 is 0 Å². The van der Waals surface area contributed by atoms with Crippen LogP contribution in [0.1, 0.15) is 44.2 Å². The van der Waals surface area contributed by atoms with Gasteiger partial charge in [0.1, 0.15) is 0 Å². The van der Waals surface area contributed by atoms with Crippen LogP contribution in [0.4, 0.5) is 0 Å². The number of hydrogen-bond donors (Lipinski definition) is 1. The van der Waals surface area contributed by atoms with Crippen molar-refractivity contribution in [2.75, 3.05) is 0 Å². The van der Waals surface area contributed by atoms with Gasteiger partial charge < -0.3 is 5.73 Å². The van der Waals surface area contributed by atoms with Crippen molar-refractivity contribution in [2.45, 2.75) is 38.6 Å². The SMILES string of the molecule is CCC1CCC(C(N)c2ccc3ccccc3c2)C1. The minimum Gasteiger partial charge on any atom is -0.324 e. The maximum atomic E-state index is 6.51. The second-order valence-corrected chi connectivity index (χ2v) is 5.98. The molecule has 2 aromatic rings. The third-order valence-electron chi connectivity index (χ3n) is 4.83. The molecule has 3 unspecified atom stereocenters. The molecule has 1 aliphatic carbocycles. The molecule has 19 heavy (non-hydrogen) atoms. The van der Waals surface area contributed by atoms with E-state index in [4.69, 9.17) is 5.73 Å². The standard InChI is InChI=1S/C18H23N/c1-2-13-7-8-16(11-13)18(19)17-10-9-14-5-3-4-6-15(14)12-17/h3-6,9-10,12-13,16,18H,2,7-8,11,19H2,1H3. The first-order chi connectivity index (χ1) is 9.28. The van der Waals surface area contributed by atoms with E-state index >= 15 is 0 Å². The fourth-order valence-electron chi connectivity index (χ4n) is 3.50. The minimum atomic E-state index is 0.209. The molecule has 1 nitrogen and oxygen atoms in total. The lowest BCUT2D eigenvalue weighted by Crippen LogP contribution is -2.19. The lowest BCUT2D eigenvalue weighted by Gasteiger charge is -2.20. The lowest BCUT2D eigenvalue weighted by atomic mass is 9.90. The zero-order chi connectivity index (χ0) is 13.2. The molecule has 2 aromatic carbocycles. The third-order valence-corrected chi connectivity index (χ3v) is 4.83.